The number of aromatic nitrogens is 1. The van der Waals surface area contributed by atoms with Crippen molar-refractivity contribution in [3.8, 4) is 0 Å². The van der Waals surface area contributed by atoms with Gasteiger partial charge in [0.1, 0.15) is 11.8 Å². The number of oxazole rings is 1. The number of halogens is 3. The highest BCUT2D eigenvalue weighted by molar-refractivity contribution is 7.90. The minimum atomic E-state index is -1.32. The van der Waals surface area contributed by atoms with Gasteiger partial charge in [0.05, 0.1) is 16.8 Å². The lowest BCUT2D eigenvalue weighted by atomic mass is 10.1. The van der Waals surface area contributed by atoms with Gasteiger partial charge in [-0.15, -0.1) is 0 Å². The zero-order valence-corrected chi connectivity index (χ0v) is 15.9. The fourth-order valence-electron chi connectivity index (χ4n) is 2.35. The molecule has 0 saturated heterocycles. The summed E-state index contributed by atoms with van der Waals surface area (Å²) in [5.74, 6) is 0. The fourth-order valence-corrected chi connectivity index (χ4v) is 3.55. The van der Waals surface area contributed by atoms with Crippen LogP contribution in [0.25, 0.3) is 11.1 Å². The summed E-state index contributed by atoms with van der Waals surface area (Å²) < 4.78 is 17.2. The Morgan fingerprint density at radius 1 is 1.17 bits per heavy atom. The lowest BCUT2D eigenvalue weighted by Gasteiger charge is -2.18. The highest BCUT2D eigenvalue weighted by Gasteiger charge is 2.20. The average Bonchev–Trinajstić information content (AvgIpc) is 2.94. The van der Waals surface area contributed by atoms with Crippen LogP contribution in [0.15, 0.2) is 40.0 Å². The van der Waals surface area contributed by atoms with Crippen LogP contribution in [0.1, 0.15) is 18.5 Å². The third-order valence-corrected chi connectivity index (χ3v) is 5.07. The second-order valence-corrected chi connectivity index (χ2v) is 7.74. The summed E-state index contributed by atoms with van der Waals surface area (Å²) in [6.07, 6.45) is 1.51. The third kappa shape index (κ3) is 3.46. The van der Waals surface area contributed by atoms with E-state index in [4.69, 9.17) is 39.2 Å². The van der Waals surface area contributed by atoms with Gasteiger partial charge in [-0.25, -0.2) is 0 Å². The molecule has 8 heteroatoms. The van der Waals surface area contributed by atoms with Crippen molar-refractivity contribution in [1.29, 1.82) is 0 Å². The molecule has 1 unspecified atom stereocenters. The summed E-state index contributed by atoms with van der Waals surface area (Å²) >= 11 is 17.2. The van der Waals surface area contributed by atoms with Crippen LogP contribution in [0.4, 0.5) is 5.69 Å². The summed E-state index contributed by atoms with van der Waals surface area (Å²) in [5.41, 5.74) is 2.50. The Bertz CT molecular complexity index is 898. The first-order valence-corrected chi connectivity index (χ1v) is 9.70. The molecule has 126 valence electrons. The van der Waals surface area contributed by atoms with E-state index in [2.05, 4.69) is 10.3 Å². The molecule has 2 atom stereocenters. The van der Waals surface area contributed by atoms with Gasteiger partial charge in [-0.1, -0.05) is 40.9 Å². The zero-order valence-electron chi connectivity index (χ0n) is 12.8. The summed E-state index contributed by atoms with van der Waals surface area (Å²) in [6.45, 7) is 1.94. The maximum absolute atomic E-state index is 11.6. The Labute approximate surface area is 157 Å². The molecule has 0 aliphatic heterocycles. The van der Waals surface area contributed by atoms with E-state index >= 15 is 0 Å². The number of anilines is 1. The first kappa shape index (κ1) is 17.7. The number of rotatable bonds is 4. The lowest BCUT2D eigenvalue weighted by Crippen LogP contribution is -2.08. The number of hydrogen-bond acceptors (Lipinski definition) is 4. The smallest absolute Gasteiger partial charge is 0.415 e. The van der Waals surface area contributed by atoms with Crippen LogP contribution in [0, 0.1) is 0 Å². The van der Waals surface area contributed by atoms with Crippen molar-refractivity contribution in [1.82, 2.24) is 4.98 Å². The molecule has 1 aromatic heterocycles. The monoisotopic (exact) mass is 402 g/mol. The lowest BCUT2D eigenvalue weighted by molar-refractivity contribution is 0.461. The Hall–Kier alpha value is -1.11. The molecule has 0 saturated carbocycles. The van der Waals surface area contributed by atoms with E-state index in [9.17, 15) is 4.55 Å². The first-order chi connectivity index (χ1) is 11.4. The van der Waals surface area contributed by atoms with Crippen molar-refractivity contribution in [3.63, 3.8) is 0 Å². The molecule has 0 radical (unpaired) electrons. The number of nitrogens with zero attached hydrogens (tertiary/aromatic N) is 1. The van der Waals surface area contributed by atoms with Crippen LogP contribution in [-0.4, -0.2) is 15.8 Å². The number of benzene rings is 2. The highest BCUT2D eigenvalue weighted by atomic mass is 35.5. The molecule has 0 amide bonds. The maximum atomic E-state index is 11.6. The predicted octanol–water partition coefficient (Wildman–Crippen LogP) is 5.70. The van der Waals surface area contributed by atoms with E-state index in [0.717, 1.165) is 5.56 Å². The summed E-state index contributed by atoms with van der Waals surface area (Å²) in [6, 6.07) is 8.60. The molecule has 0 spiro atoms. The number of hydrogen-bond donors (Lipinski definition) is 1. The minimum Gasteiger partial charge on any atom is -0.608 e. The van der Waals surface area contributed by atoms with Crippen molar-refractivity contribution >= 4 is 62.8 Å². The van der Waals surface area contributed by atoms with Crippen molar-refractivity contribution in [2.45, 2.75) is 18.2 Å². The molecule has 0 fully saturated rings. The molecule has 3 aromatic rings. The van der Waals surface area contributed by atoms with Gasteiger partial charge < -0.3 is 14.3 Å². The van der Waals surface area contributed by atoms with E-state index in [1.165, 1.54) is 6.26 Å². The van der Waals surface area contributed by atoms with Crippen LogP contribution in [0.2, 0.25) is 15.1 Å². The SMILES string of the molecule is C[C@@H](Nc1c(Cl)ccc2nc([S+](C)[O-])oc12)c1ccc(Cl)cc1Cl. The first-order valence-electron chi connectivity index (χ1n) is 7.00. The summed E-state index contributed by atoms with van der Waals surface area (Å²) in [7, 11) is 0. The molecule has 0 aliphatic carbocycles. The van der Waals surface area contributed by atoms with Crippen molar-refractivity contribution in [3.05, 3.63) is 51.0 Å². The van der Waals surface area contributed by atoms with Gasteiger partial charge in [0, 0.05) is 21.2 Å². The molecule has 3 rings (SSSR count). The molecule has 24 heavy (non-hydrogen) atoms. The molecule has 2 aromatic carbocycles. The van der Waals surface area contributed by atoms with Crippen LogP contribution < -0.4 is 5.32 Å². The standard InChI is InChI=1S/C16H13Cl3N2O2S/c1-8(10-4-3-9(17)7-12(10)19)20-14-11(18)5-6-13-15(14)23-16(21-13)24(2)22/h3-8,20H,1-2H3/t8-,24?/m1/s1. The van der Waals surface area contributed by atoms with Crippen LogP contribution >= 0.6 is 34.8 Å². The molecule has 1 heterocycles. The Balaban J connectivity index is 2.01. The summed E-state index contributed by atoms with van der Waals surface area (Å²) in [5, 5.41) is 5.05. The van der Waals surface area contributed by atoms with Gasteiger partial charge >= 0.3 is 5.22 Å². The van der Waals surface area contributed by atoms with Gasteiger partial charge in [-0.05, 0) is 36.8 Å². The normalized spacial score (nSPS) is 13.9. The van der Waals surface area contributed by atoms with E-state index in [1.54, 1.807) is 24.3 Å². The van der Waals surface area contributed by atoms with Crippen molar-refractivity contribution < 1.29 is 8.97 Å². The van der Waals surface area contributed by atoms with E-state index in [1.807, 2.05) is 13.0 Å². The second kappa shape index (κ2) is 7.02. The quantitative estimate of drug-likeness (QED) is 0.568. The third-order valence-electron chi connectivity index (χ3n) is 3.52. The molecular weight excluding hydrogens is 391 g/mol. The van der Waals surface area contributed by atoms with Crippen LogP contribution in [0.5, 0.6) is 0 Å². The molecule has 0 bridgehead atoms. The van der Waals surface area contributed by atoms with Gasteiger partial charge in [0.15, 0.2) is 5.58 Å². The second-order valence-electron chi connectivity index (χ2n) is 5.24. The van der Waals surface area contributed by atoms with Crippen LogP contribution in [0.3, 0.4) is 0 Å². The average molecular weight is 404 g/mol. The molecular formula is C16H13Cl3N2O2S. The highest BCUT2D eigenvalue weighted by Crippen LogP contribution is 2.36. The Kier molecular flexibility index (Phi) is 5.18. The van der Waals surface area contributed by atoms with Gasteiger partial charge in [-0.2, -0.15) is 4.98 Å². The van der Waals surface area contributed by atoms with Crippen molar-refractivity contribution in [2.24, 2.45) is 0 Å². The van der Waals surface area contributed by atoms with E-state index in [0.29, 0.717) is 31.9 Å². The largest absolute Gasteiger partial charge is 0.608 e. The topological polar surface area (TPSA) is 61.1 Å². The predicted molar refractivity (Wildman–Crippen MR) is 99.9 cm³/mol. The Morgan fingerprint density at radius 3 is 2.58 bits per heavy atom. The van der Waals surface area contributed by atoms with E-state index in [-0.39, 0.29) is 11.3 Å². The van der Waals surface area contributed by atoms with Gasteiger partial charge in [0.25, 0.3) is 0 Å². The Morgan fingerprint density at radius 2 is 1.92 bits per heavy atom. The molecule has 0 aliphatic rings. The number of nitrogens with one attached hydrogen (secondary N) is 1. The zero-order chi connectivity index (χ0) is 17.4. The number of fused-ring (bicyclic) bond motifs is 1. The summed E-state index contributed by atoms with van der Waals surface area (Å²) in [4.78, 5) is 4.21. The fraction of sp³-hybridized carbons (Fsp3) is 0.188. The van der Waals surface area contributed by atoms with Crippen LogP contribution in [-0.2, 0) is 11.2 Å². The van der Waals surface area contributed by atoms with Crippen molar-refractivity contribution in [2.75, 3.05) is 11.6 Å². The van der Waals surface area contributed by atoms with E-state index < -0.39 is 11.2 Å². The minimum absolute atomic E-state index is 0.154. The van der Waals surface area contributed by atoms with Gasteiger partial charge in [0.2, 0.25) is 0 Å². The molecule has 4 nitrogen and oxygen atoms in total. The molecule has 1 N–H and O–H groups in total. The maximum Gasteiger partial charge on any atom is 0.415 e. The van der Waals surface area contributed by atoms with Gasteiger partial charge in [-0.3, -0.25) is 0 Å².